The van der Waals surface area contributed by atoms with Crippen LogP contribution in [0.3, 0.4) is 0 Å². The molecule has 1 aliphatic heterocycles. The number of anilines is 6. The average Bonchev–Trinajstić information content (AvgIpc) is 3.77. The molecule has 2 heterocycles. The highest BCUT2D eigenvalue weighted by Gasteiger charge is 2.48. The first-order valence-electron chi connectivity index (χ1n) is 21.9. The molecule has 0 spiro atoms. The Bertz CT molecular complexity index is 3280. The third-order valence-electron chi connectivity index (χ3n) is 12.9. The number of hydrogen-bond acceptors (Lipinski definition) is 3. The Kier molecular flexibility index (Phi) is 9.05. The largest absolute Gasteiger partial charge is 0.456 e. The lowest BCUT2D eigenvalue weighted by Gasteiger charge is -2.46. The summed E-state index contributed by atoms with van der Waals surface area (Å²) in [6.45, 7) is 0. The number of nitrogens with zero attached hydrogens (tertiary/aromatic N) is 2. The van der Waals surface area contributed by atoms with Crippen molar-refractivity contribution in [1.82, 2.24) is 0 Å². The van der Waals surface area contributed by atoms with Crippen LogP contribution in [-0.4, -0.2) is 0 Å². The van der Waals surface area contributed by atoms with E-state index in [1.54, 1.807) is 0 Å². The zero-order valence-corrected chi connectivity index (χ0v) is 35.1. The van der Waals surface area contributed by atoms with Crippen LogP contribution in [0.1, 0.15) is 22.3 Å². The molecular weight excluding hydrogens is 777 g/mol. The molecule has 0 radical (unpaired) electrons. The van der Waals surface area contributed by atoms with Crippen molar-refractivity contribution in [2.75, 3.05) is 9.80 Å². The number of benzene rings is 10. The topological polar surface area (TPSA) is 19.6 Å². The van der Waals surface area contributed by atoms with Crippen LogP contribution in [0.15, 0.2) is 259 Å². The smallest absolute Gasteiger partial charge is 0.140 e. The fourth-order valence-electron chi connectivity index (χ4n) is 10.1. The zero-order valence-electron chi connectivity index (χ0n) is 35.1. The van der Waals surface area contributed by atoms with Crippen molar-refractivity contribution in [1.29, 1.82) is 0 Å². The van der Waals surface area contributed by atoms with Crippen molar-refractivity contribution in [2.45, 2.75) is 5.41 Å². The first-order chi connectivity index (χ1) is 31.8. The molecule has 3 heteroatoms. The number of hydrogen-bond donors (Lipinski definition) is 0. The van der Waals surface area contributed by atoms with Gasteiger partial charge in [0.25, 0.3) is 0 Å². The quantitative estimate of drug-likeness (QED) is 0.152. The van der Waals surface area contributed by atoms with Gasteiger partial charge in [-0.1, -0.05) is 188 Å². The maximum Gasteiger partial charge on any atom is 0.140 e. The minimum Gasteiger partial charge on any atom is -0.456 e. The molecule has 0 amide bonds. The zero-order chi connectivity index (χ0) is 42.5. The maximum absolute atomic E-state index is 6.87. The molecular formula is C61H42N2O. The predicted molar refractivity (Wildman–Crippen MR) is 266 cm³/mol. The summed E-state index contributed by atoms with van der Waals surface area (Å²) in [4.78, 5) is 4.78. The molecule has 12 rings (SSSR count). The van der Waals surface area contributed by atoms with E-state index in [1.165, 1.54) is 38.9 Å². The van der Waals surface area contributed by atoms with Crippen molar-refractivity contribution in [3.8, 4) is 22.3 Å². The molecule has 0 aliphatic carbocycles. The third kappa shape index (κ3) is 6.05. The maximum atomic E-state index is 6.87. The van der Waals surface area contributed by atoms with Gasteiger partial charge in [0.15, 0.2) is 0 Å². The molecule has 10 aromatic carbocycles. The van der Waals surface area contributed by atoms with Gasteiger partial charge >= 0.3 is 0 Å². The van der Waals surface area contributed by atoms with E-state index in [0.717, 1.165) is 61.6 Å². The highest BCUT2D eigenvalue weighted by molar-refractivity contribution is 6.07. The Hall–Kier alpha value is -8.40. The lowest BCUT2D eigenvalue weighted by atomic mass is 9.62. The van der Waals surface area contributed by atoms with Gasteiger partial charge in [0.05, 0.1) is 16.8 Å². The summed E-state index contributed by atoms with van der Waals surface area (Å²) in [6, 6.07) is 91.7. The van der Waals surface area contributed by atoms with Crippen LogP contribution in [-0.2, 0) is 5.41 Å². The van der Waals surface area contributed by atoms with Crippen LogP contribution in [0.5, 0.6) is 0 Å². The molecule has 1 aromatic heterocycles. The summed E-state index contributed by atoms with van der Waals surface area (Å²) < 4.78 is 6.87. The predicted octanol–water partition coefficient (Wildman–Crippen LogP) is 16.6. The molecule has 0 unspecified atom stereocenters. The Morgan fingerprint density at radius 3 is 1.31 bits per heavy atom. The van der Waals surface area contributed by atoms with E-state index in [1.807, 2.05) is 6.07 Å². The Morgan fingerprint density at radius 2 is 0.750 bits per heavy atom. The van der Waals surface area contributed by atoms with E-state index in [9.17, 15) is 0 Å². The number of furan rings is 1. The summed E-state index contributed by atoms with van der Waals surface area (Å²) in [5, 5.41) is 2.24. The normalized spacial score (nSPS) is 12.8. The Labute approximate surface area is 373 Å². The van der Waals surface area contributed by atoms with E-state index in [2.05, 4.69) is 259 Å². The SMILES string of the molecule is c1ccc(-c2ccc(N(c3ccc(-c4ccccc4)cc3)c3ccc(N4c5ccccc5C(c5ccccc5)(c5cccc6c5oc5ccccc56)c5ccccc54)cc3)cc2)cc1. The minimum atomic E-state index is -0.688. The van der Waals surface area contributed by atoms with Crippen molar-refractivity contribution < 1.29 is 4.42 Å². The van der Waals surface area contributed by atoms with E-state index in [0.29, 0.717) is 0 Å². The van der Waals surface area contributed by atoms with Gasteiger partial charge in [0.1, 0.15) is 11.2 Å². The standard InChI is InChI=1S/C61H42N2O/c1-4-17-43(18-5-1)45-31-35-48(36-32-45)62(49-37-33-46(34-38-49)44-19-6-2-7-20-44)50-39-41-51(42-40-50)63-57-28-13-11-25-54(57)61(47-21-8-3-9-22-47,55-26-12-14-29-58(55)63)56-27-16-24-53-52-23-10-15-30-59(52)64-60(53)56/h1-42H. The summed E-state index contributed by atoms with van der Waals surface area (Å²) in [6.07, 6.45) is 0. The monoisotopic (exact) mass is 818 g/mol. The highest BCUT2D eigenvalue weighted by Crippen LogP contribution is 2.59. The number of para-hydroxylation sites is 4. The van der Waals surface area contributed by atoms with Crippen LogP contribution in [0.2, 0.25) is 0 Å². The Balaban J connectivity index is 1.01. The number of rotatable bonds is 8. The van der Waals surface area contributed by atoms with Crippen molar-refractivity contribution in [3.05, 3.63) is 277 Å². The van der Waals surface area contributed by atoms with Crippen molar-refractivity contribution >= 4 is 56.1 Å². The lowest BCUT2D eigenvalue weighted by Crippen LogP contribution is -2.37. The molecule has 3 nitrogen and oxygen atoms in total. The average molecular weight is 819 g/mol. The fourth-order valence-corrected chi connectivity index (χ4v) is 10.1. The second-order valence-corrected chi connectivity index (χ2v) is 16.4. The van der Waals surface area contributed by atoms with Gasteiger partial charge in [-0.3, -0.25) is 0 Å². The second kappa shape index (κ2) is 15.5. The van der Waals surface area contributed by atoms with Crippen molar-refractivity contribution in [2.24, 2.45) is 0 Å². The second-order valence-electron chi connectivity index (χ2n) is 16.4. The molecule has 0 atom stereocenters. The first kappa shape index (κ1) is 37.4. The van der Waals surface area contributed by atoms with Crippen LogP contribution in [0.4, 0.5) is 34.1 Å². The van der Waals surface area contributed by atoms with Gasteiger partial charge in [0, 0.05) is 39.1 Å². The molecule has 302 valence electrons. The first-order valence-corrected chi connectivity index (χ1v) is 21.9. The van der Waals surface area contributed by atoms with Gasteiger partial charge in [0.2, 0.25) is 0 Å². The molecule has 0 saturated heterocycles. The molecule has 0 saturated carbocycles. The van der Waals surface area contributed by atoms with E-state index < -0.39 is 5.41 Å². The highest BCUT2D eigenvalue weighted by atomic mass is 16.3. The van der Waals surface area contributed by atoms with Crippen molar-refractivity contribution in [3.63, 3.8) is 0 Å². The van der Waals surface area contributed by atoms with Crippen LogP contribution in [0.25, 0.3) is 44.2 Å². The summed E-state index contributed by atoms with van der Waals surface area (Å²) >= 11 is 0. The molecule has 0 N–H and O–H groups in total. The molecule has 11 aromatic rings. The third-order valence-corrected chi connectivity index (χ3v) is 12.9. The van der Waals surface area contributed by atoms with Crippen LogP contribution in [0, 0.1) is 0 Å². The van der Waals surface area contributed by atoms with Gasteiger partial charge in [-0.2, -0.15) is 0 Å². The summed E-state index contributed by atoms with van der Waals surface area (Å²) in [5.74, 6) is 0. The van der Waals surface area contributed by atoms with Gasteiger partial charge in [-0.05, 0) is 106 Å². The van der Waals surface area contributed by atoms with E-state index in [-0.39, 0.29) is 0 Å². The number of fused-ring (bicyclic) bond motifs is 5. The van der Waals surface area contributed by atoms with Crippen LogP contribution < -0.4 is 9.80 Å². The van der Waals surface area contributed by atoms with E-state index in [4.69, 9.17) is 4.42 Å². The molecule has 0 fully saturated rings. The summed E-state index contributed by atoms with van der Waals surface area (Å²) in [7, 11) is 0. The van der Waals surface area contributed by atoms with E-state index >= 15 is 0 Å². The van der Waals surface area contributed by atoms with Crippen LogP contribution >= 0.6 is 0 Å². The van der Waals surface area contributed by atoms with Gasteiger partial charge in [-0.15, -0.1) is 0 Å². The molecule has 0 bridgehead atoms. The van der Waals surface area contributed by atoms with Gasteiger partial charge in [-0.25, -0.2) is 0 Å². The lowest BCUT2D eigenvalue weighted by molar-refractivity contribution is 0.643. The molecule has 64 heavy (non-hydrogen) atoms. The minimum absolute atomic E-state index is 0.688. The van der Waals surface area contributed by atoms with Gasteiger partial charge < -0.3 is 14.2 Å². The summed E-state index contributed by atoms with van der Waals surface area (Å²) in [5.41, 5.74) is 17.1. The molecule has 1 aliphatic rings. The fraction of sp³-hybridized carbons (Fsp3) is 0.0164. The Morgan fingerprint density at radius 1 is 0.328 bits per heavy atom.